The minimum absolute atomic E-state index is 0.259. The highest BCUT2D eigenvalue weighted by atomic mass is 32.2. The third-order valence-corrected chi connectivity index (χ3v) is 6.68. The molecule has 0 radical (unpaired) electrons. The Kier molecular flexibility index (Phi) is 4.38. The summed E-state index contributed by atoms with van der Waals surface area (Å²) in [5, 5.41) is 6.06. The maximum absolute atomic E-state index is 12.8. The van der Waals surface area contributed by atoms with E-state index in [9.17, 15) is 8.42 Å². The molecule has 0 spiro atoms. The third-order valence-electron chi connectivity index (χ3n) is 3.97. The second-order valence-electron chi connectivity index (χ2n) is 5.53. The van der Waals surface area contributed by atoms with E-state index >= 15 is 0 Å². The number of aromatic nitrogens is 2. The van der Waals surface area contributed by atoms with Crippen LogP contribution in [0.5, 0.6) is 0 Å². The Morgan fingerprint density at radius 3 is 2.84 bits per heavy atom. The number of ether oxygens (including phenoxy) is 1. The zero-order valence-corrected chi connectivity index (χ0v) is 14.9. The molecule has 9 heteroatoms. The first-order valence-corrected chi connectivity index (χ1v) is 10.1. The summed E-state index contributed by atoms with van der Waals surface area (Å²) >= 11 is 1.53. The van der Waals surface area contributed by atoms with Crippen molar-refractivity contribution in [1.29, 1.82) is 0 Å². The Balaban J connectivity index is 1.64. The van der Waals surface area contributed by atoms with Gasteiger partial charge in [-0.2, -0.15) is 4.31 Å². The lowest BCUT2D eigenvalue weighted by Gasteiger charge is -2.26. The van der Waals surface area contributed by atoms with Crippen LogP contribution >= 0.6 is 11.3 Å². The number of morpholine rings is 1. The van der Waals surface area contributed by atoms with Crippen molar-refractivity contribution in [2.24, 2.45) is 0 Å². The van der Waals surface area contributed by atoms with E-state index in [4.69, 9.17) is 4.74 Å². The van der Waals surface area contributed by atoms with Crippen LogP contribution in [0.25, 0.3) is 10.2 Å². The monoisotopic (exact) mass is 376 g/mol. The van der Waals surface area contributed by atoms with Crippen LogP contribution < -0.4 is 5.32 Å². The van der Waals surface area contributed by atoms with Gasteiger partial charge in [0.25, 0.3) is 0 Å². The molecule has 1 fully saturated rings. The molecule has 1 aliphatic rings. The summed E-state index contributed by atoms with van der Waals surface area (Å²) in [6.45, 7) is 1.60. The zero-order valence-electron chi connectivity index (χ0n) is 13.3. The molecule has 1 N–H and O–H groups in total. The molecule has 7 nitrogen and oxygen atoms in total. The lowest BCUT2D eigenvalue weighted by atomic mass is 10.3. The molecular weight excluding hydrogens is 360 g/mol. The number of thiophene rings is 1. The van der Waals surface area contributed by atoms with Crippen molar-refractivity contribution >= 4 is 43.1 Å². The van der Waals surface area contributed by atoms with Gasteiger partial charge < -0.3 is 10.1 Å². The average Bonchev–Trinajstić information content (AvgIpc) is 3.13. The molecular formula is C16H16N4O3S2. The quantitative estimate of drug-likeness (QED) is 0.753. The molecule has 3 heterocycles. The number of sulfonamides is 1. The minimum atomic E-state index is -3.53. The van der Waals surface area contributed by atoms with Gasteiger partial charge >= 0.3 is 0 Å². The zero-order chi connectivity index (χ0) is 17.3. The molecule has 3 aromatic rings. The summed E-state index contributed by atoms with van der Waals surface area (Å²) in [6, 6.07) is 8.72. The van der Waals surface area contributed by atoms with E-state index in [2.05, 4.69) is 15.3 Å². The van der Waals surface area contributed by atoms with E-state index < -0.39 is 10.0 Å². The predicted octanol–water partition coefficient (Wildman–Crippen LogP) is 2.46. The number of fused-ring (bicyclic) bond motifs is 1. The van der Waals surface area contributed by atoms with E-state index in [0.717, 1.165) is 10.2 Å². The van der Waals surface area contributed by atoms with Gasteiger partial charge in [-0.05, 0) is 29.6 Å². The molecule has 0 saturated carbocycles. The topological polar surface area (TPSA) is 84.4 Å². The van der Waals surface area contributed by atoms with Gasteiger partial charge in [0.15, 0.2) is 0 Å². The van der Waals surface area contributed by atoms with Gasteiger partial charge in [-0.3, -0.25) is 0 Å². The summed E-state index contributed by atoms with van der Waals surface area (Å²) in [4.78, 5) is 9.62. The molecule has 0 atom stereocenters. The standard InChI is InChI=1S/C16H16N4O3S2/c21-25(22,20-5-7-23-8-6-20)13-3-1-2-12(10-13)19-15-14-4-9-24-16(14)18-11-17-15/h1-4,9-11H,5-8H2,(H,17,18,19). The van der Waals surface area contributed by atoms with E-state index in [1.54, 1.807) is 18.2 Å². The molecule has 0 amide bonds. The van der Waals surface area contributed by atoms with Crippen molar-refractivity contribution < 1.29 is 13.2 Å². The Morgan fingerprint density at radius 2 is 2.00 bits per heavy atom. The first-order valence-electron chi connectivity index (χ1n) is 7.78. The summed E-state index contributed by atoms with van der Waals surface area (Å²) in [5.41, 5.74) is 0.667. The predicted molar refractivity (Wildman–Crippen MR) is 96.7 cm³/mol. The number of nitrogens with one attached hydrogen (secondary N) is 1. The van der Waals surface area contributed by atoms with Crippen molar-refractivity contribution in [3.8, 4) is 0 Å². The van der Waals surface area contributed by atoms with Gasteiger partial charge in [-0.15, -0.1) is 11.3 Å². The van der Waals surface area contributed by atoms with Crippen LogP contribution in [0, 0.1) is 0 Å². The number of hydrogen-bond acceptors (Lipinski definition) is 7. The molecule has 2 aromatic heterocycles. The maximum atomic E-state index is 12.8. The van der Waals surface area contributed by atoms with E-state index in [1.807, 2.05) is 17.5 Å². The Bertz CT molecular complexity index is 997. The molecule has 1 saturated heterocycles. The molecule has 0 aliphatic carbocycles. The minimum Gasteiger partial charge on any atom is -0.379 e. The van der Waals surface area contributed by atoms with Gasteiger partial charge in [-0.25, -0.2) is 18.4 Å². The highest BCUT2D eigenvalue weighted by Crippen LogP contribution is 2.28. The number of rotatable bonds is 4. The number of hydrogen-bond donors (Lipinski definition) is 1. The van der Waals surface area contributed by atoms with Crippen LogP contribution in [0.1, 0.15) is 0 Å². The molecule has 1 aromatic carbocycles. The summed E-state index contributed by atoms with van der Waals surface area (Å²) in [7, 11) is -3.53. The smallest absolute Gasteiger partial charge is 0.243 e. The summed E-state index contributed by atoms with van der Waals surface area (Å²) < 4.78 is 32.3. The highest BCUT2D eigenvalue weighted by Gasteiger charge is 2.26. The van der Waals surface area contributed by atoms with Gasteiger partial charge in [0.1, 0.15) is 17.0 Å². The van der Waals surface area contributed by atoms with Crippen LogP contribution in [-0.2, 0) is 14.8 Å². The van der Waals surface area contributed by atoms with Crippen LogP contribution in [0.4, 0.5) is 11.5 Å². The summed E-state index contributed by atoms with van der Waals surface area (Å²) in [6.07, 6.45) is 1.50. The van der Waals surface area contributed by atoms with Crippen molar-refractivity contribution in [3.63, 3.8) is 0 Å². The molecule has 25 heavy (non-hydrogen) atoms. The van der Waals surface area contributed by atoms with E-state index in [-0.39, 0.29) is 4.90 Å². The van der Waals surface area contributed by atoms with Crippen LogP contribution in [0.2, 0.25) is 0 Å². The normalized spacial score (nSPS) is 16.2. The lowest BCUT2D eigenvalue weighted by Crippen LogP contribution is -2.40. The fourth-order valence-electron chi connectivity index (χ4n) is 2.70. The maximum Gasteiger partial charge on any atom is 0.243 e. The van der Waals surface area contributed by atoms with Gasteiger partial charge in [0, 0.05) is 18.8 Å². The molecule has 1 aliphatic heterocycles. The number of benzene rings is 1. The molecule has 4 rings (SSSR count). The van der Waals surface area contributed by atoms with Crippen LogP contribution in [-0.4, -0.2) is 49.0 Å². The molecule has 0 unspecified atom stereocenters. The van der Waals surface area contributed by atoms with Gasteiger partial charge in [0.2, 0.25) is 10.0 Å². The van der Waals surface area contributed by atoms with Crippen molar-refractivity contribution in [1.82, 2.24) is 14.3 Å². The number of nitrogens with zero attached hydrogens (tertiary/aromatic N) is 3. The fraction of sp³-hybridized carbons (Fsp3) is 0.250. The Labute approximate surface area is 149 Å². The van der Waals surface area contributed by atoms with Crippen LogP contribution in [0.15, 0.2) is 46.9 Å². The lowest BCUT2D eigenvalue weighted by molar-refractivity contribution is 0.0730. The van der Waals surface area contributed by atoms with E-state index in [1.165, 1.54) is 22.0 Å². The first-order chi connectivity index (χ1) is 12.1. The Morgan fingerprint density at radius 1 is 1.16 bits per heavy atom. The average molecular weight is 376 g/mol. The van der Waals surface area contributed by atoms with Gasteiger partial charge in [0.05, 0.1) is 23.5 Å². The summed E-state index contributed by atoms with van der Waals surface area (Å²) in [5.74, 6) is 0.659. The second kappa shape index (κ2) is 6.68. The van der Waals surface area contributed by atoms with Crippen molar-refractivity contribution in [2.45, 2.75) is 4.90 Å². The fourth-order valence-corrected chi connectivity index (χ4v) is 4.88. The molecule has 130 valence electrons. The highest BCUT2D eigenvalue weighted by molar-refractivity contribution is 7.89. The first kappa shape index (κ1) is 16.4. The largest absolute Gasteiger partial charge is 0.379 e. The van der Waals surface area contributed by atoms with Crippen LogP contribution in [0.3, 0.4) is 0 Å². The van der Waals surface area contributed by atoms with Crippen molar-refractivity contribution in [3.05, 3.63) is 42.0 Å². The molecule has 0 bridgehead atoms. The van der Waals surface area contributed by atoms with E-state index in [0.29, 0.717) is 37.8 Å². The van der Waals surface area contributed by atoms with Crippen molar-refractivity contribution in [2.75, 3.05) is 31.6 Å². The Hall–Kier alpha value is -2.07. The SMILES string of the molecule is O=S(=O)(c1cccc(Nc2ncnc3sccc23)c1)N1CCOCC1. The second-order valence-corrected chi connectivity index (χ2v) is 8.36. The number of anilines is 2. The third kappa shape index (κ3) is 3.23. The van der Waals surface area contributed by atoms with Gasteiger partial charge in [-0.1, -0.05) is 6.07 Å².